The fourth-order valence-corrected chi connectivity index (χ4v) is 3.12. The average molecular weight is 381 g/mol. The number of nitrogens with zero attached hydrogens (tertiary/aromatic N) is 1. The first kappa shape index (κ1) is 19.4. The molecule has 2 rings (SSSR count). The molecule has 0 bridgehead atoms. The Balaban J connectivity index is 1.84. The third-order valence-electron chi connectivity index (χ3n) is 3.51. The summed E-state index contributed by atoms with van der Waals surface area (Å²) in [6.07, 6.45) is 2.41. The van der Waals surface area contributed by atoms with E-state index < -0.39 is 6.04 Å². The lowest BCUT2D eigenvalue weighted by Gasteiger charge is -2.14. The van der Waals surface area contributed by atoms with Crippen molar-refractivity contribution in [3.05, 3.63) is 45.9 Å². The van der Waals surface area contributed by atoms with E-state index in [2.05, 4.69) is 15.6 Å². The molecular formula is C17H21ClN4O2S. The van der Waals surface area contributed by atoms with Gasteiger partial charge >= 0.3 is 0 Å². The van der Waals surface area contributed by atoms with E-state index in [1.807, 2.05) is 38.1 Å². The van der Waals surface area contributed by atoms with Crippen LogP contribution in [0.2, 0.25) is 5.02 Å². The topological polar surface area (TPSA) is 97.1 Å². The van der Waals surface area contributed by atoms with Gasteiger partial charge in [0.05, 0.1) is 12.6 Å². The molecule has 2 aromatic rings. The predicted octanol–water partition coefficient (Wildman–Crippen LogP) is 2.43. The lowest BCUT2D eigenvalue weighted by atomic mass is 10.1. The van der Waals surface area contributed by atoms with Crippen molar-refractivity contribution in [1.82, 2.24) is 10.3 Å². The van der Waals surface area contributed by atoms with Gasteiger partial charge in [-0.1, -0.05) is 37.6 Å². The summed E-state index contributed by atoms with van der Waals surface area (Å²) in [5.74, 6) is -0.671. The molecule has 0 aliphatic rings. The zero-order chi connectivity index (χ0) is 18.4. The van der Waals surface area contributed by atoms with Gasteiger partial charge in [-0.2, -0.15) is 0 Å². The Kier molecular flexibility index (Phi) is 6.92. The Morgan fingerprint density at radius 1 is 1.36 bits per heavy atom. The fourth-order valence-electron chi connectivity index (χ4n) is 2.05. The molecule has 1 aromatic heterocycles. The fraction of sp³-hybridized carbons (Fsp3) is 0.353. The summed E-state index contributed by atoms with van der Waals surface area (Å²) in [7, 11) is 0. The van der Waals surface area contributed by atoms with Crippen LogP contribution in [0.5, 0.6) is 0 Å². The standard InChI is InChI=1S/C17H21ClN4O2S/c1-10(2)15(19)16(24)20-9-14(23)22-17-21-8-13(25-17)7-11-4-3-5-12(18)6-11/h3-6,8,10,15H,7,9,19H2,1-2H3,(H,20,24)(H,21,22,23)/t15-/m0/s1. The molecule has 8 heteroatoms. The number of hydrogen-bond donors (Lipinski definition) is 3. The Bertz CT molecular complexity index is 748. The quantitative estimate of drug-likeness (QED) is 0.687. The minimum Gasteiger partial charge on any atom is -0.346 e. The second-order valence-corrected chi connectivity index (χ2v) is 7.53. The van der Waals surface area contributed by atoms with Crippen molar-refractivity contribution in [2.75, 3.05) is 11.9 Å². The van der Waals surface area contributed by atoms with E-state index in [4.69, 9.17) is 17.3 Å². The van der Waals surface area contributed by atoms with Crippen molar-refractivity contribution < 1.29 is 9.59 Å². The Labute approximate surface area is 155 Å². The number of rotatable bonds is 7. The lowest BCUT2D eigenvalue weighted by Crippen LogP contribution is -2.46. The Hall–Kier alpha value is -1.96. The van der Waals surface area contributed by atoms with E-state index in [0.717, 1.165) is 10.4 Å². The molecule has 4 N–H and O–H groups in total. The normalized spacial score (nSPS) is 12.0. The van der Waals surface area contributed by atoms with Gasteiger partial charge in [0, 0.05) is 22.5 Å². The van der Waals surface area contributed by atoms with Crippen molar-refractivity contribution in [1.29, 1.82) is 0 Å². The molecule has 1 atom stereocenters. The number of hydrogen-bond acceptors (Lipinski definition) is 5. The molecular weight excluding hydrogens is 360 g/mol. The lowest BCUT2D eigenvalue weighted by molar-refractivity contribution is -0.125. The molecule has 0 fully saturated rings. The van der Waals surface area contributed by atoms with Crippen LogP contribution in [0.4, 0.5) is 5.13 Å². The van der Waals surface area contributed by atoms with Crippen LogP contribution in [0.25, 0.3) is 0 Å². The first-order valence-corrected chi connectivity index (χ1v) is 9.07. The SMILES string of the molecule is CC(C)[C@H](N)C(=O)NCC(=O)Nc1ncc(Cc2cccc(Cl)c2)s1. The number of thiazole rings is 1. The van der Waals surface area contributed by atoms with Gasteiger partial charge in [0.2, 0.25) is 11.8 Å². The smallest absolute Gasteiger partial charge is 0.245 e. The van der Waals surface area contributed by atoms with E-state index in [0.29, 0.717) is 16.6 Å². The van der Waals surface area contributed by atoms with Crippen LogP contribution in [-0.4, -0.2) is 29.4 Å². The van der Waals surface area contributed by atoms with Gasteiger partial charge in [-0.3, -0.25) is 9.59 Å². The maximum absolute atomic E-state index is 11.9. The molecule has 0 saturated heterocycles. The van der Waals surface area contributed by atoms with Gasteiger partial charge in [0.1, 0.15) is 0 Å². The van der Waals surface area contributed by atoms with Gasteiger partial charge in [-0.15, -0.1) is 11.3 Å². The largest absolute Gasteiger partial charge is 0.346 e. The van der Waals surface area contributed by atoms with E-state index in [-0.39, 0.29) is 24.3 Å². The Morgan fingerprint density at radius 3 is 2.80 bits per heavy atom. The number of amides is 2. The van der Waals surface area contributed by atoms with Gasteiger partial charge in [-0.05, 0) is 23.6 Å². The number of carbonyl (C=O) groups is 2. The van der Waals surface area contributed by atoms with Crippen molar-refractivity contribution in [2.24, 2.45) is 11.7 Å². The molecule has 25 heavy (non-hydrogen) atoms. The summed E-state index contributed by atoms with van der Waals surface area (Å²) in [6.45, 7) is 3.56. The van der Waals surface area contributed by atoms with Crippen LogP contribution in [0, 0.1) is 5.92 Å². The number of benzene rings is 1. The summed E-state index contributed by atoms with van der Waals surface area (Å²) in [5, 5.41) is 6.37. The highest BCUT2D eigenvalue weighted by Gasteiger charge is 2.17. The number of halogens is 1. The number of nitrogens with one attached hydrogen (secondary N) is 2. The summed E-state index contributed by atoms with van der Waals surface area (Å²) in [4.78, 5) is 28.8. The molecule has 1 heterocycles. The third-order valence-corrected chi connectivity index (χ3v) is 4.66. The maximum Gasteiger partial charge on any atom is 0.245 e. The minimum absolute atomic E-state index is 0.0103. The van der Waals surface area contributed by atoms with E-state index in [1.54, 1.807) is 6.20 Å². The zero-order valence-corrected chi connectivity index (χ0v) is 15.7. The van der Waals surface area contributed by atoms with Gasteiger partial charge < -0.3 is 16.4 Å². The van der Waals surface area contributed by atoms with Crippen LogP contribution in [0.15, 0.2) is 30.5 Å². The van der Waals surface area contributed by atoms with Crippen molar-refractivity contribution >= 4 is 39.9 Å². The molecule has 0 aliphatic heterocycles. The summed E-state index contributed by atoms with van der Waals surface area (Å²) < 4.78 is 0. The highest BCUT2D eigenvalue weighted by atomic mass is 35.5. The van der Waals surface area contributed by atoms with Crippen molar-refractivity contribution in [3.63, 3.8) is 0 Å². The summed E-state index contributed by atoms with van der Waals surface area (Å²) in [5.41, 5.74) is 6.80. The molecule has 1 aromatic carbocycles. The molecule has 0 spiro atoms. The number of anilines is 1. The molecule has 2 amide bonds. The second kappa shape index (κ2) is 8.94. The predicted molar refractivity (Wildman–Crippen MR) is 101 cm³/mol. The number of carbonyl (C=O) groups excluding carboxylic acids is 2. The van der Waals surface area contributed by atoms with Crippen molar-refractivity contribution in [3.8, 4) is 0 Å². The summed E-state index contributed by atoms with van der Waals surface area (Å²) >= 11 is 7.36. The first-order chi connectivity index (χ1) is 11.8. The minimum atomic E-state index is -0.628. The molecule has 0 radical (unpaired) electrons. The average Bonchev–Trinajstić information content (AvgIpc) is 2.98. The second-order valence-electron chi connectivity index (χ2n) is 5.97. The molecule has 6 nitrogen and oxygen atoms in total. The zero-order valence-electron chi connectivity index (χ0n) is 14.1. The molecule has 0 saturated carbocycles. The van der Waals surface area contributed by atoms with E-state index >= 15 is 0 Å². The first-order valence-electron chi connectivity index (χ1n) is 7.87. The third kappa shape index (κ3) is 6.12. The Morgan fingerprint density at radius 2 is 2.12 bits per heavy atom. The summed E-state index contributed by atoms with van der Waals surface area (Å²) in [6, 6.07) is 6.97. The highest BCUT2D eigenvalue weighted by molar-refractivity contribution is 7.15. The molecule has 0 unspecified atom stereocenters. The van der Waals surface area contributed by atoms with Crippen molar-refractivity contribution in [2.45, 2.75) is 26.3 Å². The molecule has 0 aliphatic carbocycles. The van der Waals surface area contributed by atoms with Gasteiger partial charge in [0.25, 0.3) is 0 Å². The number of nitrogens with two attached hydrogens (primary N) is 1. The van der Waals surface area contributed by atoms with Crippen LogP contribution in [0.1, 0.15) is 24.3 Å². The number of aromatic nitrogens is 1. The van der Waals surface area contributed by atoms with Crippen LogP contribution in [-0.2, 0) is 16.0 Å². The van der Waals surface area contributed by atoms with Gasteiger partial charge in [-0.25, -0.2) is 4.98 Å². The van der Waals surface area contributed by atoms with E-state index in [9.17, 15) is 9.59 Å². The maximum atomic E-state index is 11.9. The van der Waals surface area contributed by atoms with Gasteiger partial charge in [0.15, 0.2) is 5.13 Å². The van der Waals surface area contributed by atoms with Crippen LogP contribution < -0.4 is 16.4 Å². The van der Waals surface area contributed by atoms with Crippen LogP contribution >= 0.6 is 22.9 Å². The van der Waals surface area contributed by atoms with E-state index in [1.165, 1.54) is 11.3 Å². The molecule has 134 valence electrons. The monoisotopic (exact) mass is 380 g/mol. The van der Waals surface area contributed by atoms with Crippen LogP contribution in [0.3, 0.4) is 0 Å². The highest BCUT2D eigenvalue weighted by Crippen LogP contribution is 2.22.